The molecule has 0 fully saturated rings. The Kier molecular flexibility index (Phi) is 3.04. The minimum absolute atomic E-state index is 0.242. The number of halogens is 1. The molecule has 0 atom stereocenters. The number of anilines is 2. The number of H-pyrrole nitrogens is 1. The van der Waals surface area contributed by atoms with Gasteiger partial charge in [-0.25, -0.2) is 0 Å². The van der Waals surface area contributed by atoms with Crippen LogP contribution < -0.4 is 11.5 Å². The maximum absolute atomic E-state index is 5.58. The van der Waals surface area contributed by atoms with Gasteiger partial charge >= 0.3 is 0 Å². The monoisotopic (exact) mass is 328 g/mol. The van der Waals surface area contributed by atoms with Crippen molar-refractivity contribution in [2.75, 3.05) is 11.5 Å². The van der Waals surface area contributed by atoms with E-state index in [0.717, 1.165) is 9.26 Å². The summed E-state index contributed by atoms with van der Waals surface area (Å²) in [6.45, 7) is 0. The van der Waals surface area contributed by atoms with Gasteiger partial charge in [-0.2, -0.15) is 10.2 Å². The Morgan fingerprint density at radius 1 is 1.25 bits per heavy atom. The van der Waals surface area contributed by atoms with Gasteiger partial charge in [-0.1, -0.05) is 6.07 Å². The minimum Gasteiger partial charge on any atom is -0.382 e. The molecule has 0 aliphatic rings. The molecule has 6 nitrogen and oxygen atoms in total. The topological polar surface area (TPSA) is 105 Å². The molecular formula is C9H9IN6. The first-order chi connectivity index (χ1) is 7.66. The highest BCUT2D eigenvalue weighted by molar-refractivity contribution is 14.1. The third-order valence-electron chi connectivity index (χ3n) is 1.87. The van der Waals surface area contributed by atoms with Crippen molar-refractivity contribution in [3.05, 3.63) is 27.8 Å². The first-order valence-electron chi connectivity index (χ1n) is 4.43. The number of nitrogens with two attached hydrogens (primary N) is 2. The Hall–Kier alpha value is -1.64. The second-order valence-electron chi connectivity index (χ2n) is 3.05. The second-order valence-corrected chi connectivity index (χ2v) is 4.30. The van der Waals surface area contributed by atoms with E-state index in [4.69, 9.17) is 11.5 Å². The lowest BCUT2D eigenvalue weighted by Gasteiger charge is -1.93. The van der Waals surface area contributed by atoms with Crippen LogP contribution in [-0.2, 0) is 0 Å². The van der Waals surface area contributed by atoms with Gasteiger partial charge in [0.25, 0.3) is 0 Å². The van der Waals surface area contributed by atoms with E-state index in [9.17, 15) is 0 Å². The Bertz CT molecular complexity index is 513. The second kappa shape index (κ2) is 4.47. The molecule has 0 aliphatic carbocycles. The number of aromatic amines is 1. The zero-order valence-electron chi connectivity index (χ0n) is 8.18. The Labute approximate surface area is 105 Å². The standard InChI is InChI=1S/C9H9IN6/c10-5-2-1-3-6(4-5)13-14-7-8(11)15-16-9(7)12/h1-4H,(H5,11,12,15,16). The van der Waals surface area contributed by atoms with Crippen LogP contribution >= 0.6 is 22.6 Å². The van der Waals surface area contributed by atoms with Crippen molar-refractivity contribution < 1.29 is 0 Å². The van der Waals surface area contributed by atoms with Crippen LogP contribution in [0, 0.1) is 3.57 Å². The largest absolute Gasteiger partial charge is 0.382 e. The van der Waals surface area contributed by atoms with E-state index in [-0.39, 0.29) is 5.82 Å². The molecule has 0 saturated heterocycles. The first kappa shape index (κ1) is 10.9. The van der Waals surface area contributed by atoms with Crippen molar-refractivity contribution in [2.45, 2.75) is 0 Å². The quantitative estimate of drug-likeness (QED) is 0.583. The Morgan fingerprint density at radius 3 is 2.69 bits per heavy atom. The summed E-state index contributed by atoms with van der Waals surface area (Å²) < 4.78 is 1.09. The van der Waals surface area contributed by atoms with Crippen LogP contribution in [0.4, 0.5) is 23.0 Å². The van der Waals surface area contributed by atoms with E-state index in [1.807, 2.05) is 24.3 Å². The molecule has 0 saturated carbocycles. The van der Waals surface area contributed by atoms with Crippen LogP contribution in [0.3, 0.4) is 0 Å². The molecule has 7 heteroatoms. The molecule has 1 aromatic heterocycles. The van der Waals surface area contributed by atoms with Crippen molar-refractivity contribution >= 4 is 45.6 Å². The number of hydrogen-bond acceptors (Lipinski definition) is 5. The van der Waals surface area contributed by atoms with Crippen LogP contribution in [-0.4, -0.2) is 10.2 Å². The van der Waals surface area contributed by atoms with Gasteiger partial charge in [0, 0.05) is 3.57 Å². The van der Waals surface area contributed by atoms with E-state index in [1.165, 1.54) is 0 Å². The molecule has 16 heavy (non-hydrogen) atoms. The molecule has 82 valence electrons. The highest BCUT2D eigenvalue weighted by Gasteiger charge is 2.06. The molecule has 2 rings (SSSR count). The number of nitrogens with zero attached hydrogens (tertiary/aromatic N) is 3. The number of azo groups is 1. The maximum Gasteiger partial charge on any atom is 0.175 e. The van der Waals surface area contributed by atoms with E-state index < -0.39 is 0 Å². The number of aromatic nitrogens is 2. The summed E-state index contributed by atoms with van der Waals surface area (Å²) in [6.07, 6.45) is 0. The minimum atomic E-state index is 0.242. The van der Waals surface area contributed by atoms with Crippen molar-refractivity contribution in [2.24, 2.45) is 10.2 Å². The summed E-state index contributed by atoms with van der Waals surface area (Å²) in [4.78, 5) is 0. The molecule has 0 amide bonds. The smallest absolute Gasteiger partial charge is 0.175 e. The maximum atomic E-state index is 5.58. The van der Waals surface area contributed by atoms with Crippen molar-refractivity contribution in [1.29, 1.82) is 0 Å². The first-order valence-corrected chi connectivity index (χ1v) is 5.51. The SMILES string of the molecule is Nc1n[nH]c(N)c1N=Nc1cccc(I)c1. The van der Waals surface area contributed by atoms with Gasteiger partial charge in [-0.05, 0) is 40.8 Å². The van der Waals surface area contributed by atoms with Gasteiger partial charge in [-0.15, -0.1) is 5.11 Å². The average Bonchev–Trinajstić information content (AvgIpc) is 2.56. The summed E-state index contributed by atoms with van der Waals surface area (Å²) >= 11 is 2.20. The number of rotatable bonds is 2. The van der Waals surface area contributed by atoms with Crippen LogP contribution in [0.2, 0.25) is 0 Å². The fourth-order valence-corrected chi connectivity index (χ4v) is 1.64. The molecule has 0 spiro atoms. The zero-order chi connectivity index (χ0) is 11.5. The van der Waals surface area contributed by atoms with Crippen LogP contribution in [0.25, 0.3) is 0 Å². The highest BCUT2D eigenvalue weighted by Crippen LogP contribution is 2.28. The lowest BCUT2D eigenvalue weighted by molar-refractivity contribution is 1.11. The van der Waals surface area contributed by atoms with Gasteiger partial charge < -0.3 is 11.5 Å². The van der Waals surface area contributed by atoms with Crippen LogP contribution in [0.5, 0.6) is 0 Å². The normalized spacial score (nSPS) is 11.1. The molecule has 1 aromatic carbocycles. The Balaban J connectivity index is 2.28. The molecule has 0 radical (unpaired) electrons. The van der Waals surface area contributed by atoms with Crippen molar-refractivity contribution in [3.63, 3.8) is 0 Å². The van der Waals surface area contributed by atoms with E-state index >= 15 is 0 Å². The van der Waals surface area contributed by atoms with E-state index in [0.29, 0.717) is 11.5 Å². The van der Waals surface area contributed by atoms with Gasteiger partial charge in [-0.3, -0.25) is 5.10 Å². The predicted octanol–water partition coefficient (Wildman–Crippen LogP) is 2.59. The summed E-state index contributed by atoms with van der Waals surface area (Å²) in [5.41, 5.74) is 12.3. The lowest BCUT2D eigenvalue weighted by atomic mass is 10.3. The number of benzene rings is 1. The van der Waals surface area contributed by atoms with Gasteiger partial charge in [0.15, 0.2) is 11.5 Å². The average molecular weight is 328 g/mol. The van der Waals surface area contributed by atoms with Gasteiger partial charge in [0.2, 0.25) is 0 Å². The summed E-state index contributed by atoms with van der Waals surface area (Å²) in [6, 6.07) is 7.62. The summed E-state index contributed by atoms with van der Waals surface area (Å²) in [7, 11) is 0. The molecule has 5 N–H and O–H groups in total. The number of hydrogen-bond donors (Lipinski definition) is 3. The van der Waals surface area contributed by atoms with E-state index in [1.54, 1.807) is 0 Å². The fourth-order valence-electron chi connectivity index (χ4n) is 1.12. The molecule has 2 aromatic rings. The molecule has 0 unspecified atom stereocenters. The third-order valence-corrected chi connectivity index (χ3v) is 2.54. The number of nitrogens with one attached hydrogen (secondary N) is 1. The molecule has 0 bridgehead atoms. The van der Waals surface area contributed by atoms with E-state index in [2.05, 4.69) is 43.0 Å². The summed E-state index contributed by atoms with van der Waals surface area (Å²) in [5, 5.41) is 14.2. The fraction of sp³-hybridized carbons (Fsp3) is 0. The van der Waals surface area contributed by atoms with Gasteiger partial charge in [0.1, 0.15) is 5.82 Å². The van der Waals surface area contributed by atoms with Crippen LogP contribution in [0.15, 0.2) is 34.5 Å². The predicted molar refractivity (Wildman–Crippen MR) is 70.7 cm³/mol. The van der Waals surface area contributed by atoms with Crippen molar-refractivity contribution in [3.8, 4) is 0 Å². The summed E-state index contributed by atoms with van der Waals surface area (Å²) in [5.74, 6) is 0.554. The third kappa shape index (κ3) is 2.30. The number of nitrogen functional groups attached to an aromatic ring is 2. The highest BCUT2D eigenvalue weighted by atomic mass is 127. The Morgan fingerprint density at radius 2 is 2.06 bits per heavy atom. The van der Waals surface area contributed by atoms with Crippen molar-refractivity contribution in [1.82, 2.24) is 10.2 Å². The van der Waals surface area contributed by atoms with Gasteiger partial charge in [0.05, 0.1) is 5.69 Å². The molecule has 0 aliphatic heterocycles. The molecular weight excluding hydrogens is 319 g/mol. The van der Waals surface area contributed by atoms with Crippen LogP contribution in [0.1, 0.15) is 0 Å². The lowest BCUT2D eigenvalue weighted by Crippen LogP contribution is -1.84. The molecule has 1 heterocycles. The zero-order valence-corrected chi connectivity index (χ0v) is 10.3.